The Labute approximate surface area is 110 Å². The second kappa shape index (κ2) is 6.81. The van der Waals surface area contributed by atoms with Crippen molar-refractivity contribution in [2.75, 3.05) is 0 Å². The maximum atomic E-state index is 9.66. The van der Waals surface area contributed by atoms with Gasteiger partial charge in [-0.05, 0) is 24.6 Å². The van der Waals surface area contributed by atoms with E-state index in [4.69, 9.17) is 46.4 Å². The summed E-state index contributed by atoms with van der Waals surface area (Å²) in [7, 11) is -2.95. The molecule has 7 heteroatoms. The molecule has 0 radical (unpaired) electrons. The molecule has 0 bridgehead atoms. The Bertz CT molecular complexity index is 359. The maximum Gasteiger partial charge on any atom is 0.289 e. The van der Waals surface area contributed by atoms with E-state index in [0.29, 0.717) is 0 Å². The van der Waals surface area contributed by atoms with E-state index in [0.717, 1.165) is 5.02 Å². The summed E-state index contributed by atoms with van der Waals surface area (Å²) in [6, 6.07) is 7.76. The third-order valence-corrected chi connectivity index (χ3v) is 3.08. The smallest absolute Gasteiger partial charge is 0.227 e. The Kier molecular flexibility index (Phi) is 6.96. The Morgan fingerprint density at radius 3 is 1.87 bits per heavy atom. The van der Waals surface area contributed by atoms with Crippen LogP contribution in [0.3, 0.4) is 0 Å². The van der Waals surface area contributed by atoms with Crippen LogP contribution in [0.4, 0.5) is 0 Å². The molecule has 0 aliphatic rings. The molecule has 0 aromatic heterocycles. The van der Waals surface area contributed by atoms with Gasteiger partial charge in [-0.15, -0.1) is 0 Å². The van der Waals surface area contributed by atoms with Gasteiger partial charge in [-0.3, -0.25) is 0 Å². The predicted molar refractivity (Wildman–Crippen MR) is 66.8 cm³/mol. The van der Waals surface area contributed by atoms with Crippen LogP contribution in [0.15, 0.2) is 24.3 Å². The molecule has 2 nitrogen and oxygen atoms in total. The third-order valence-electron chi connectivity index (χ3n) is 1.19. The largest absolute Gasteiger partial charge is 0.289 e. The molecule has 1 aromatic rings. The van der Waals surface area contributed by atoms with Gasteiger partial charge in [0.2, 0.25) is 0 Å². The van der Waals surface area contributed by atoms with Gasteiger partial charge < -0.3 is 0 Å². The molecule has 0 aliphatic heterocycles. The first-order valence-corrected chi connectivity index (χ1v) is 6.36. The van der Waals surface area contributed by atoms with Crippen LogP contribution in [0.1, 0.15) is 5.56 Å². The number of hydrogen-bond acceptors (Lipinski definition) is 2. The predicted octanol–water partition coefficient (Wildman–Crippen LogP) is 3.57. The first-order valence-electron chi connectivity index (χ1n) is 3.67. The van der Waals surface area contributed by atoms with Crippen LogP contribution in [0.25, 0.3) is 0 Å². The second-order valence-corrected chi connectivity index (χ2v) is 7.22. The number of hydrogen-bond donors (Lipinski definition) is 1. The van der Waals surface area contributed by atoms with Crippen molar-refractivity contribution in [1.82, 2.24) is 0 Å². The Morgan fingerprint density at radius 2 is 1.67 bits per heavy atom. The van der Waals surface area contributed by atoms with E-state index >= 15 is 0 Å². The number of halogens is 4. The SMILES string of the molecule is Cc1cccc(Cl)c1.O=[SH](=O)C(Cl)(Cl)Cl. The Hall–Kier alpha value is 0.330. The summed E-state index contributed by atoms with van der Waals surface area (Å²) in [5.74, 6) is 0. The summed E-state index contributed by atoms with van der Waals surface area (Å²) in [6.07, 6.45) is 0. The molecule has 0 aliphatic carbocycles. The summed E-state index contributed by atoms with van der Waals surface area (Å²) >= 11 is 20.1. The second-order valence-electron chi connectivity index (χ2n) is 2.52. The molecule has 86 valence electrons. The van der Waals surface area contributed by atoms with Gasteiger partial charge in [-0.2, -0.15) is 0 Å². The van der Waals surface area contributed by atoms with Crippen LogP contribution in [0.2, 0.25) is 5.02 Å². The van der Waals surface area contributed by atoms with Gasteiger partial charge in [0.05, 0.1) is 0 Å². The molecule has 0 fully saturated rings. The monoisotopic (exact) mass is 308 g/mol. The maximum absolute atomic E-state index is 9.66. The van der Waals surface area contributed by atoms with Crippen molar-refractivity contribution >= 4 is 57.1 Å². The third kappa shape index (κ3) is 8.17. The van der Waals surface area contributed by atoms with Crippen molar-refractivity contribution in [1.29, 1.82) is 0 Å². The quantitative estimate of drug-likeness (QED) is 0.587. The minimum absolute atomic E-state index is 0.810. The topological polar surface area (TPSA) is 34.1 Å². The molecule has 0 amide bonds. The van der Waals surface area contributed by atoms with Gasteiger partial charge in [0.15, 0.2) is 10.7 Å². The molecule has 0 N–H and O–H groups in total. The van der Waals surface area contributed by atoms with E-state index in [1.54, 1.807) is 0 Å². The summed E-state index contributed by atoms with van der Waals surface area (Å²) in [5, 5.41) is 0.810. The van der Waals surface area contributed by atoms with Crippen molar-refractivity contribution < 1.29 is 8.42 Å². The minimum Gasteiger partial charge on any atom is -0.227 e. The summed E-state index contributed by atoms with van der Waals surface area (Å²) in [5.41, 5.74) is 1.21. The first-order chi connectivity index (χ1) is 6.73. The summed E-state index contributed by atoms with van der Waals surface area (Å²) < 4.78 is 17.2. The Morgan fingerprint density at radius 1 is 1.20 bits per heavy atom. The highest BCUT2D eigenvalue weighted by molar-refractivity contribution is 7.79. The lowest BCUT2D eigenvalue weighted by Crippen LogP contribution is -2.02. The fraction of sp³-hybridized carbons (Fsp3) is 0.250. The first kappa shape index (κ1) is 15.3. The molecule has 1 rings (SSSR count). The molecule has 1 aromatic carbocycles. The molecule has 0 heterocycles. The number of thiol groups is 1. The fourth-order valence-electron chi connectivity index (χ4n) is 0.606. The highest BCUT2D eigenvalue weighted by Crippen LogP contribution is 2.25. The van der Waals surface area contributed by atoms with E-state index < -0.39 is 13.8 Å². The van der Waals surface area contributed by atoms with Gasteiger partial charge in [-0.25, -0.2) is 8.42 Å². The molecule has 0 unspecified atom stereocenters. The van der Waals surface area contributed by atoms with Crippen LogP contribution in [0, 0.1) is 6.92 Å². The Balaban J connectivity index is 0.000000265. The van der Waals surface area contributed by atoms with Crippen LogP contribution in [-0.4, -0.2) is 11.5 Å². The van der Waals surface area contributed by atoms with Gasteiger partial charge in [0, 0.05) is 5.02 Å². The highest BCUT2D eigenvalue weighted by atomic mass is 35.6. The zero-order valence-electron chi connectivity index (χ0n) is 7.58. The van der Waals surface area contributed by atoms with Crippen molar-refractivity contribution in [3.63, 3.8) is 0 Å². The molecule has 0 saturated carbocycles. The zero-order chi connectivity index (χ0) is 12.1. The molecule has 0 spiro atoms. The van der Waals surface area contributed by atoms with E-state index in [-0.39, 0.29) is 0 Å². The van der Waals surface area contributed by atoms with Gasteiger partial charge in [0.1, 0.15) is 0 Å². The van der Waals surface area contributed by atoms with E-state index in [1.165, 1.54) is 5.56 Å². The summed E-state index contributed by atoms with van der Waals surface area (Å²) in [6.45, 7) is 2.02. The summed E-state index contributed by atoms with van der Waals surface area (Å²) in [4.78, 5) is 0. The number of benzene rings is 1. The molecule has 0 atom stereocenters. The lowest BCUT2D eigenvalue weighted by molar-refractivity contribution is 0.615. The number of alkyl halides is 3. The highest BCUT2D eigenvalue weighted by Gasteiger charge is 2.22. The van der Waals surface area contributed by atoms with Crippen molar-refractivity contribution in [2.24, 2.45) is 0 Å². The van der Waals surface area contributed by atoms with E-state index in [9.17, 15) is 8.42 Å². The van der Waals surface area contributed by atoms with Gasteiger partial charge in [0.25, 0.3) is 3.12 Å². The molecular formula is C8H8Cl4O2S. The fourth-order valence-corrected chi connectivity index (χ4v) is 0.850. The van der Waals surface area contributed by atoms with Crippen molar-refractivity contribution in [3.8, 4) is 0 Å². The lowest BCUT2D eigenvalue weighted by Gasteiger charge is -1.95. The minimum atomic E-state index is -2.95. The molecular weight excluding hydrogens is 302 g/mol. The van der Waals surface area contributed by atoms with Crippen molar-refractivity contribution in [2.45, 2.75) is 10.0 Å². The number of rotatable bonds is 0. The van der Waals surface area contributed by atoms with Crippen molar-refractivity contribution in [3.05, 3.63) is 34.9 Å². The molecule has 0 saturated heterocycles. The zero-order valence-corrected chi connectivity index (χ0v) is 11.5. The standard InChI is InChI=1S/C7H7Cl.CHCl3O2S/c1-6-3-2-4-7(8)5-6;2-1(3,4)7(5)6/h2-5H,1H3;7H. The van der Waals surface area contributed by atoms with E-state index in [1.807, 2.05) is 31.2 Å². The van der Waals surface area contributed by atoms with Gasteiger partial charge >= 0.3 is 0 Å². The normalized spacial score (nSPS) is 10.8. The molecule has 15 heavy (non-hydrogen) atoms. The van der Waals surface area contributed by atoms with Crippen LogP contribution < -0.4 is 0 Å². The number of aryl methyl sites for hydroxylation is 1. The lowest BCUT2D eigenvalue weighted by atomic mass is 10.2. The van der Waals surface area contributed by atoms with E-state index in [2.05, 4.69) is 0 Å². The van der Waals surface area contributed by atoms with Crippen LogP contribution >= 0.6 is 46.4 Å². The average molecular weight is 310 g/mol. The van der Waals surface area contributed by atoms with Crippen LogP contribution in [0.5, 0.6) is 0 Å². The van der Waals surface area contributed by atoms with Crippen LogP contribution in [-0.2, 0) is 10.7 Å². The average Bonchev–Trinajstić information content (AvgIpc) is 2.02. The van der Waals surface area contributed by atoms with Gasteiger partial charge in [-0.1, -0.05) is 58.5 Å².